The molecule has 0 aromatic heterocycles. The Morgan fingerprint density at radius 1 is 1.14 bits per heavy atom. The third kappa shape index (κ3) is 6.82. The highest BCUT2D eigenvalue weighted by Crippen LogP contribution is 2.27. The van der Waals surface area contributed by atoms with Gasteiger partial charge in [0.25, 0.3) is 0 Å². The van der Waals surface area contributed by atoms with Crippen molar-refractivity contribution in [1.29, 1.82) is 0 Å². The number of primary sulfonamides is 1. The van der Waals surface area contributed by atoms with Crippen LogP contribution >= 0.6 is 0 Å². The van der Waals surface area contributed by atoms with Gasteiger partial charge in [0.15, 0.2) is 0 Å². The van der Waals surface area contributed by atoms with Crippen LogP contribution in [0.5, 0.6) is 5.75 Å². The summed E-state index contributed by atoms with van der Waals surface area (Å²) in [6.07, 6.45) is -0.622. The molecule has 0 fully saturated rings. The number of rotatable bonds is 8. The number of nitrogens with two attached hydrogens (primary N) is 2. The molecule has 5 N–H and O–H groups in total. The SMILES string of the molecule is Cc1cc(C(C)(C)C)ccc1OC[C@@H](O)C[NH2+][C@@H](C)c1ccc(S(N)(=O)=O)cc1. The van der Waals surface area contributed by atoms with Crippen LogP contribution in [-0.4, -0.2) is 32.8 Å². The average Bonchev–Trinajstić information content (AvgIpc) is 2.63. The van der Waals surface area contributed by atoms with E-state index in [1.807, 2.05) is 25.2 Å². The standard InChI is InChI=1S/C22H32N2O4S/c1-15-12-18(22(3,4)5)8-11-21(15)28-14-19(25)13-24-16(2)17-6-9-20(10-7-17)29(23,26)27/h6-12,16,19,24-25H,13-14H2,1-5H3,(H2,23,26,27)/p+1/t16-,19-/m0/s1. The van der Waals surface area contributed by atoms with E-state index in [0.29, 0.717) is 6.54 Å². The summed E-state index contributed by atoms with van der Waals surface area (Å²) in [5, 5.41) is 17.4. The monoisotopic (exact) mass is 421 g/mol. The number of hydrogen-bond acceptors (Lipinski definition) is 4. The van der Waals surface area contributed by atoms with Crippen molar-refractivity contribution in [3.05, 3.63) is 59.2 Å². The lowest BCUT2D eigenvalue weighted by Crippen LogP contribution is -2.87. The zero-order chi connectivity index (χ0) is 21.8. The van der Waals surface area contributed by atoms with Crippen LogP contribution in [0.1, 0.15) is 50.4 Å². The molecule has 7 heteroatoms. The minimum absolute atomic E-state index is 0.0620. The van der Waals surface area contributed by atoms with E-state index in [1.165, 1.54) is 17.7 Å². The molecular formula is C22H33N2O4S+. The third-order valence-electron chi connectivity index (χ3n) is 4.97. The Labute approximate surface area is 174 Å². The van der Waals surface area contributed by atoms with Gasteiger partial charge < -0.3 is 15.2 Å². The number of aliphatic hydroxyl groups excluding tert-OH is 1. The minimum atomic E-state index is -3.69. The first-order chi connectivity index (χ1) is 13.4. The van der Waals surface area contributed by atoms with E-state index in [0.717, 1.165) is 16.9 Å². The van der Waals surface area contributed by atoms with Gasteiger partial charge in [-0.3, -0.25) is 0 Å². The Kier molecular flexibility index (Phi) is 7.45. The van der Waals surface area contributed by atoms with Gasteiger partial charge >= 0.3 is 0 Å². The number of hydrogen-bond donors (Lipinski definition) is 3. The fourth-order valence-electron chi connectivity index (χ4n) is 2.99. The predicted molar refractivity (Wildman–Crippen MR) is 114 cm³/mol. The summed E-state index contributed by atoms with van der Waals surface area (Å²) in [6.45, 7) is 11.2. The van der Waals surface area contributed by atoms with Gasteiger partial charge in [-0.2, -0.15) is 0 Å². The maximum Gasteiger partial charge on any atom is 0.238 e. The first-order valence-corrected chi connectivity index (χ1v) is 11.3. The van der Waals surface area contributed by atoms with Crippen LogP contribution in [0.4, 0.5) is 0 Å². The molecule has 0 bridgehead atoms. The van der Waals surface area contributed by atoms with Gasteiger partial charge in [-0.05, 0) is 48.6 Å². The second kappa shape index (κ2) is 9.26. The van der Waals surface area contributed by atoms with Crippen molar-refractivity contribution in [2.45, 2.75) is 57.1 Å². The summed E-state index contributed by atoms with van der Waals surface area (Å²) in [7, 11) is -3.69. The lowest BCUT2D eigenvalue weighted by molar-refractivity contribution is -0.698. The quantitative estimate of drug-likeness (QED) is 0.606. The van der Waals surface area contributed by atoms with E-state index >= 15 is 0 Å². The highest BCUT2D eigenvalue weighted by Gasteiger charge is 2.17. The van der Waals surface area contributed by atoms with Gasteiger partial charge in [-0.15, -0.1) is 0 Å². The fraction of sp³-hybridized carbons (Fsp3) is 0.455. The maximum atomic E-state index is 11.3. The third-order valence-corrected chi connectivity index (χ3v) is 5.90. The van der Waals surface area contributed by atoms with Crippen molar-refractivity contribution in [2.24, 2.45) is 5.14 Å². The molecule has 0 aliphatic carbocycles. The highest BCUT2D eigenvalue weighted by molar-refractivity contribution is 7.89. The summed E-state index contributed by atoms with van der Waals surface area (Å²) in [5.41, 5.74) is 3.34. The summed E-state index contributed by atoms with van der Waals surface area (Å²) in [5.74, 6) is 0.781. The topological polar surface area (TPSA) is 106 Å². The molecule has 0 aliphatic heterocycles. The van der Waals surface area contributed by atoms with Crippen molar-refractivity contribution in [2.75, 3.05) is 13.2 Å². The molecule has 0 heterocycles. The molecule has 2 atom stereocenters. The molecule has 0 unspecified atom stereocenters. The van der Waals surface area contributed by atoms with Crippen LogP contribution in [0, 0.1) is 6.92 Å². The lowest BCUT2D eigenvalue weighted by Gasteiger charge is -2.21. The molecule has 0 amide bonds. The molecule has 29 heavy (non-hydrogen) atoms. The van der Waals surface area contributed by atoms with E-state index in [4.69, 9.17) is 9.88 Å². The second-order valence-electron chi connectivity index (χ2n) is 8.57. The van der Waals surface area contributed by atoms with Crippen molar-refractivity contribution in [1.82, 2.24) is 0 Å². The Bertz CT molecular complexity index is 919. The first kappa shape index (κ1) is 23.3. The Morgan fingerprint density at radius 3 is 2.28 bits per heavy atom. The minimum Gasteiger partial charge on any atom is -0.490 e. The van der Waals surface area contributed by atoms with Crippen molar-refractivity contribution >= 4 is 10.0 Å². The molecule has 0 aliphatic rings. The van der Waals surface area contributed by atoms with Crippen LogP contribution in [0.25, 0.3) is 0 Å². The zero-order valence-electron chi connectivity index (χ0n) is 17.8. The van der Waals surface area contributed by atoms with Crippen LogP contribution in [0.15, 0.2) is 47.4 Å². The number of ether oxygens (including phenoxy) is 1. The molecule has 0 spiro atoms. The van der Waals surface area contributed by atoms with E-state index < -0.39 is 16.1 Å². The van der Waals surface area contributed by atoms with Crippen LogP contribution in [0.2, 0.25) is 0 Å². The molecule has 2 rings (SSSR count). The van der Waals surface area contributed by atoms with Gasteiger partial charge in [0.1, 0.15) is 31.0 Å². The lowest BCUT2D eigenvalue weighted by atomic mass is 9.86. The average molecular weight is 422 g/mol. The van der Waals surface area contributed by atoms with E-state index in [9.17, 15) is 13.5 Å². The van der Waals surface area contributed by atoms with E-state index in [-0.39, 0.29) is 23.0 Å². The Balaban J connectivity index is 1.86. The molecular weight excluding hydrogens is 388 g/mol. The fourth-order valence-corrected chi connectivity index (χ4v) is 3.51. The first-order valence-electron chi connectivity index (χ1n) is 9.76. The van der Waals surface area contributed by atoms with Gasteiger partial charge in [0, 0.05) is 5.56 Å². The van der Waals surface area contributed by atoms with Gasteiger partial charge in [-0.25, -0.2) is 13.6 Å². The summed E-state index contributed by atoms with van der Waals surface area (Å²) in [4.78, 5) is 0.0923. The van der Waals surface area contributed by atoms with Gasteiger partial charge in [-0.1, -0.05) is 45.0 Å². The predicted octanol–water partition coefficient (Wildman–Crippen LogP) is 2.00. The molecule has 160 valence electrons. The van der Waals surface area contributed by atoms with Crippen molar-refractivity contribution in [3.63, 3.8) is 0 Å². The number of quaternary nitrogens is 1. The van der Waals surface area contributed by atoms with Gasteiger partial charge in [0.2, 0.25) is 10.0 Å². The number of aryl methyl sites for hydroxylation is 1. The molecule has 2 aromatic rings. The Morgan fingerprint density at radius 2 is 1.76 bits per heavy atom. The van der Waals surface area contributed by atoms with Gasteiger partial charge in [0.05, 0.1) is 4.90 Å². The number of benzene rings is 2. The summed E-state index contributed by atoms with van der Waals surface area (Å²) >= 11 is 0. The van der Waals surface area contributed by atoms with E-state index in [2.05, 4.69) is 32.9 Å². The van der Waals surface area contributed by atoms with Crippen molar-refractivity contribution < 1.29 is 23.6 Å². The summed E-state index contributed by atoms with van der Waals surface area (Å²) < 4.78 is 28.5. The zero-order valence-corrected chi connectivity index (χ0v) is 18.7. The largest absolute Gasteiger partial charge is 0.490 e. The van der Waals surface area contributed by atoms with Crippen LogP contribution in [0.3, 0.4) is 0 Å². The Hall–Kier alpha value is -1.93. The maximum absolute atomic E-state index is 11.3. The number of sulfonamides is 1. The van der Waals surface area contributed by atoms with Crippen molar-refractivity contribution in [3.8, 4) is 5.75 Å². The van der Waals surface area contributed by atoms with Crippen LogP contribution < -0.4 is 15.2 Å². The summed E-state index contributed by atoms with van der Waals surface area (Å²) in [6, 6.07) is 12.7. The smallest absolute Gasteiger partial charge is 0.238 e. The molecule has 2 aromatic carbocycles. The number of aliphatic hydroxyl groups is 1. The second-order valence-corrected chi connectivity index (χ2v) is 10.1. The molecule has 0 saturated heterocycles. The van der Waals surface area contributed by atoms with Crippen LogP contribution in [-0.2, 0) is 15.4 Å². The molecule has 6 nitrogen and oxygen atoms in total. The molecule has 0 saturated carbocycles. The van der Waals surface area contributed by atoms with E-state index in [1.54, 1.807) is 12.1 Å². The molecule has 0 radical (unpaired) electrons. The highest BCUT2D eigenvalue weighted by atomic mass is 32.2. The normalized spacial score (nSPS) is 14.4.